The predicted octanol–water partition coefficient (Wildman–Crippen LogP) is 1.72. The van der Waals surface area contributed by atoms with Crippen LogP contribution in [0.25, 0.3) is 0 Å². The fourth-order valence-electron chi connectivity index (χ4n) is 2.78. The summed E-state index contributed by atoms with van der Waals surface area (Å²) in [4.78, 5) is 6.55. The summed E-state index contributed by atoms with van der Waals surface area (Å²) in [6, 6.07) is 8.31. The van der Waals surface area contributed by atoms with Crippen molar-refractivity contribution in [1.82, 2.24) is 15.0 Å². The Balaban J connectivity index is 1.80. The molecule has 5 nitrogen and oxygen atoms in total. The maximum Gasteiger partial charge on any atom is 0.240 e. The molecule has 5 heteroatoms. The highest BCUT2D eigenvalue weighted by atomic mass is 16.5. The minimum Gasteiger partial charge on any atom is -0.394 e. The van der Waals surface area contributed by atoms with Gasteiger partial charge in [-0.05, 0) is 17.5 Å². The second-order valence-electron chi connectivity index (χ2n) is 5.08. The number of hydrogen-bond donors (Lipinski definition) is 1. The van der Waals surface area contributed by atoms with E-state index >= 15 is 0 Å². The third-order valence-corrected chi connectivity index (χ3v) is 3.86. The second-order valence-corrected chi connectivity index (χ2v) is 5.08. The third kappa shape index (κ3) is 2.46. The van der Waals surface area contributed by atoms with Crippen molar-refractivity contribution in [3.05, 3.63) is 47.1 Å². The molecule has 0 radical (unpaired) electrons. The van der Waals surface area contributed by atoms with E-state index in [4.69, 9.17) is 4.52 Å². The van der Waals surface area contributed by atoms with Gasteiger partial charge in [0.15, 0.2) is 5.82 Å². The molecule has 0 spiro atoms. The molecule has 0 saturated carbocycles. The highest BCUT2D eigenvalue weighted by molar-refractivity contribution is 5.32. The number of hydrogen-bond acceptors (Lipinski definition) is 5. The number of aliphatic hydroxyl groups excluding tert-OH is 1. The average molecular weight is 273 g/mol. The van der Waals surface area contributed by atoms with E-state index in [0.717, 1.165) is 25.2 Å². The van der Waals surface area contributed by atoms with Gasteiger partial charge in [-0.15, -0.1) is 0 Å². The molecule has 106 valence electrons. The molecule has 1 aromatic heterocycles. The van der Waals surface area contributed by atoms with Crippen LogP contribution in [0.2, 0.25) is 0 Å². The summed E-state index contributed by atoms with van der Waals surface area (Å²) in [5.74, 6) is 1.36. The molecule has 2 heterocycles. The molecule has 3 rings (SSSR count). The van der Waals surface area contributed by atoms with Crippen molar-refractivity contribution >= 4 is 0 Å². The smallest absolute Gasteiger partial charge is 0.240 e. The summed E-state index contributed by atoms with van der Waals surface area (Å²) in [5.41, 5.74) is 2.53. The van der Waals surface area contributed by atoms with E-state index in [9.17, 15) is 5.11 Å². The minimum atomic E-state index is 0.0110. The van der Waals surface area contributed by atoms with Gasteiger partial charge in [0.25, 0.3) is 0 Å². The van der Waals surface area contributed by atoms with Crippen LogP contribution in [0.5, 0.6) is 0 Å². The van der Waals surface area contributed by atoms with Crippen molar-refractivity contribution in [2.75, 3.05) is 13.2 Å². The summed E-state index contributed by atoms with van der Waals surface area (Å²) in [6.45, 7) is 3.59. The van der Waals surface area contributed by atoms with Crippen LogP contribution in [0.15, 0.2) is 28.8 Å². The lowest BCUT2D eigenvalue weighted by Crippen LogP contribution is -2.36. The van der Waals surface area contributed by atoms with E-state index in [2.05, 4.69) is 33.2 Å². The van der Waals surface area contributed by atoms with Crippen LogP contribution in [0.4, 0.5) is 0 Å². The quantitative estimate of drug-likeness (QED) is 0.919. The van der Waals surface area contributed by atoms with Crippen LogP contribution >= 0.6 is 0 Å². The summed E-state index contributed by atoms with van der Waals surface area (Å²) >= 11 is 0. The molecule has 1 aromatic carbocycles. The molecule has 20 heavy (non-hydrogen) atoms. The Hall–Kier alpha value is -1.72. The van der Waals surface area contributed by atoms with E-state index in [1.165, 1.54) is 11.1 Å². The van der Waals surface area contributed by atoms with Gasteiger partial charge in [-0.2, -0.15) is 4.98 Å². The summed E-state index contributed by atoms with van der Waals surface area (Å²) in [6.07, 6.45) is 1.76. The zero-order valence-electron chi connectivity index (χ0n) is 11.6. The predicted molar refractivity (Wildman–Crippen MR) is 74.1 cm³/mol. The van der Waals surface area contributed by atoms with Gasteiger partial charge in [-0.25, -0.2) is 0 Å². The van der Waals surface area contributed by atoms with Crippen LogP contribution in [0.1, 0.15) is 35.8 Å². The van der Waals surface area contributed by atoms with Crippen molar-refractivity contribution in [1.29, 1.82) is 0 Å². The molecule has 1 atom stereocenters. The van der Waals surface area contributed by atoms with E-state index < -0.39 is 0 Å². The van der Waals surface area contributed by atoms with E-state index in [1.54, 1.807) is 0 Å². The number of benzene rings is 1. The largest absolute Gasteiger partial charge is 0.394 e. The van der Waals surface area contributed by atoms with Crippen molar-refractivity contribution in [3.8, 4) is 0 Å². The molecule has 1 N–H and O–H groups in total. The summed E-state index contributed by atoms with van der Waals surface area (Å²) in [7, 11) is 0. The SMILES string of the molecule is CCc1noc(CN2CCc3ccccc3C2CO)n1. The van der Waals surface area contributed by atoms with Gasteiger partial charge in [0, 0.05) is 13.0 Å². The number of aromatic nitrogens is 2. The Morgan fingerprint density at radius 2 is 2.25 bits per heavy atom. The first-order valence-corrected chi connectivity index (χ1v) is 7.06. The van der Waals surface area contributed by atoms with E-state index in [-0.39, 0.29) is 12.6 Å². The molecule has 1 aliphatic heterocycles. The molecule has 0 saturated heterocycles. The van der Waals surface area contributed by atoms with Crippen molar-refractivity contribution in [2.45, 2.75) is 32.4 Å². The Labute approximate surface area is 118 Å². The van der Waals surface area contributed by atoms with Crippen LogP contribution < -0.4 is 0 Å². The first-order chi connectivity index (χ1) is 9.81. The first-order valence-electron chi connectivity index (χ1n) is 7.06. The van der Waals surface area contributed by atoms with Gasteiger partial charge in [0.2, 0.25) is 5.89 Å². The number of fused-ring (bicyclic) bond motifs is 1. The molecule has 0 amide bonds. The third-order valence-electron chi connectivity index (χ3n) is 3.86. The number of rotatable bonds is 4. The van der Waals surface area contributed by atoms with Gasteiger partial charge in [-0.1, -0.05) is 36.3 Å². The molecular weight excluding hydrogens is 254 g/mol. The fraction of sp³-hybridized carbons (Fsp3) is 0.467. The van der Waals surface area contributed by atoms with Gasteiger partial charge in [0.1, 0.15) is 0 Å². The zero-order chi connectivity index (χ0) is 13.9. The fourth-order valence-corrected chi connectivity index (χ4v) is 2.78. The maximum atomic E-state index is 9.73. The van der Waals surface area contributed by atoms with E-state index in [0.29, 0.717) is 12.4 Å². The Bertz CT molecular complexity index is 582. The monoisotopic (exact) mass is 273 g/mol. The van der Waals surface area contributed by atoms with Crippen LogP contribution in [0, 0.1) is 0 Å². The molecule has 0 aliphatic carbocycles. The van der Waals surface area contributed by atoms with E-state index in [1.807, 2.05) is 13.0 Å². The van der Waals surface area contributed by atoms with Gasteiger partial charge in [0.05, 0.1) is 19.2 Å². The Morgan fingerprint density at radius 3 is 3.00 bits per heavy atom. The first kappa shape index (κ1) is 13.3. The molecule has 0 fully saturated rings. The summed E-state index contributed by atoms with van der Waals surface area (Å²) < 4.78 is 5.25. The molecule has 0 bridgehead atoms. The van der Waals surface area contributed by atoms with Crippen LogP contribution in [-0.2, 0) is 19.4 Å². The van der Waals surface area contributed by atoms with Gasteiger partial charge < -0.3 is 9.63 Å². The molecular formula is C15H19N3O2. The second kappa shape index (κ2) is 5.73. The Morgan fingerprint density at radius 1 is 1.40 bits per heavy atom. The Kier molecular flexibility index (Phi) is 3.80. The number of nitrogens with zero attached hydrogens (tertiary/aromatic N) is 3. The standard InChI is InChI=1S/C15H19N3O2/c1-2-14-16-15(20-17-14)9-18-8-7-11-5-3-4-6-12(11)13(18)10-19/h3-6,13,19H,2,7-10H2,1H3. The van der Waals surface area contributed by atoms with Crippen molar-refractivity contribution < 1.29 is 9.63 Å². The lowest BCUT2D eigenvalue weighted by molar-refractivity contribution is 0.0971. The van der Waals surface area contributed by atoms with Crippen LogP contribution in [0.3, 0.4) is 0 Å². The molecule has 2 aromatic rings. The number of aliphatic hydroxyl groups is 1. The van der Waals surface area contributed by atoms with Gasteiger partial charge in [-0.3, -0.25) is 4.90 Å². The van der Waals surface area contributed by atoms with Crippen molar-refractivity contribution in [2.24, 2.45) is 0 Å². The lowest BCUT2D eigenvalue weighted by Gasteiger charge is -2.35. The molecule has 1 unspecified atom stereocenters. The molecule has 1 aliphatic rings. The lowest BCUT2D eigenvalue weighted by atomic mass is 9.93. The average Bonchev–Trinajstić information content (AvgIpc) is 2.95. The summed E-state index contributed by atoms with van der Waals surface area (Å²) in [5, 5.41) is 13.6. The maximum absolute atomic E-state index is 9.73. The number of aryl methyl sites for hydroxylation is 1. The minimum absolute atomic E-state index is 0.0110. The topological polar surface area (TPSA) is 62.4 Å². The van der Waals surface area contributed by atoms with Crippen LogP contribution in [-0.4, -0.2) is 33.3 Å². The highest BCUT2D eigenvalue weighted by Gasteiger charge is 2.27. The highest BCUT2D eigenvalue weighted by Crippen LogP contribution is 2.30. The normalized spacial score (nSPS) is 19.0. The zero-order valence-corrected chi connectivity index (χ0v) is 11.6. The van der Waals surface area contributed by atoms with Crippen molar-refractivity contribution in [3.63, 3.8) is 0 Å². The van der Waals surface area contributed by atoms with Gasteiger partial charge >= 0.3 is 0 Å².